The number of nitrogens with zero attached hydrogens (tertiary/aromatic N) is 2. The van der Waals surface area contributed by atoms with Crippen LogP contribution in [0.4, 0.5) is 5.69 Å². The Kier molecular flexibility index (Phi) is 4.92. The molecule has 0 aliphatic carbocycles. The van der Waals surface area contributed by atoms with Crippen molar-refractivity contribution < 1.29 is 9.67 Å². The molecular formula is C23H23N2OS+. The lowest BCUT2D eigenvalue weighted by molar-refractivity contribution is -0.670. The number of fused-ring (bicyclic) bond motifs is 2. The third kappa shape index (κ3) is 3.46. The maximum atomic E-state index is 9.47. The number of aliphatic hydroxyl groups is 1. The van der Waals surface area contributed by atoms with Crippen molar-refractivity contribution in [1.29, 1.82) is 0 Å². The van der Waals surface area contributed by atoms with Crippen molar-refractivity contribution in [2.45, 2.75) is 13.5 Å². The number of hydrogen-bond acceptors (Lipinski definition) is 3. The second kappa shape index (κ2) is 7.51. The molecule has 2 heterocycles. The summed E-state index contributed by atoms with van der Waals surface area (Å²) in [6.45, 7) is 2.85. The van der Waals surface area contributed by atoms with E-state index in [1.54, 1.807) is 11.3 Å². The standard InChI is InChI=1S/C23H23N2OS/c1-17-10-11-21-22(16-17)27-23(25(21)14-15-26)9-5-6-18-12-13-24(2)20-8-4-3-7-19(18)20/h3-13,16,26H,14-15H2,1-2H3/q+1. The molecule has 1 aromatic heterocycles. The van der Waals surface area contributed by atoms with Gasteiger partial charge in [0.25, 0.3) is 5.01 Å². The smallest absolute Gasteiger partial charge is 0.262 e. The molecule has 136 valence electrons. The quantitative estimate of drug-likeness (QED) is 0.678. The predicted octanol–water partition coefficient (Wildman–Crippen LogP) is 4.55. The summed E-state index contributed by atoms with van der Waals surface area (Å²) >= 11 is 1.76. The molecule has 0 spiro atoms. The minimum atomic E-state index is 0.134. The van der Waals surface area contributed by atoms with Crippen LogP contribution in [0.25, 0.3) is 21.9 Å². The number of rotatable bonds is 4. The van der Waals surface area contributed by atoms with E-state index in [1.807, 2.05) is 0 Å². The van der Waals surface area contributed by atoms with Crippen molar-refractivity contribution in [2.24, 2.45) is 0 Å². The van der Waals surface area contributed by atoms with Gasteiger partial charge in [-0.25, -0.2) is 0 Å². The first-order valence-electron chi connectivity index (χ1n) is 9.10. The maximum absolute atomic E-state index is 9.47. The number of benzene rings is 2. The first kappa shape index (κ1) is 17.7. The van der Waals surface area contributed by atoms with Gasteiger partial charge < -0.3 is 10.0 Å². The van der Waals surface area contributed by atoms with Crippen molar-refractivity contribution in [2.75, 3.05) is 18.6 Å². The first-order valence-corrected chi connectivity index (χ1v) is 9.91. The fourth-order valence-electron chi connectivity index (χ4n) is 3.43. The monoisotopic (exact) mass is 375 g/mol. The molecule has 2 aromatic carbocycles. The Hall–Kier alpha value is -2.69. The second-order valence-corrected chi connectivity index (χ2v) is 7.77. The van der Waals surface area contributed by atoms with Crippen molar-refractivity contribution >= 4 is 38.9 Å². The van der Waals surface area contributed by atoms with E-state index in [0.29, 0.717) is 6.54 Å². The van der Waals surface area contributed by atoms with Gasteiger partial charge in [0.05, 0.1) is 0 Å². The van der Waals surface area contributed by atoms with Crippen LogP contribution in [0.15, 0.2) is 66.9 Å². The fraction of sp³-hybridized carbons (Fsp3) is 0.174. The van der Waals surface area contributed by atoms with Crippen molar-refractivity contribution in [1.82, 2.24) is 0 Å². The van der Waals surface area contributed by atoms with Gasteiger partial charge in [0.15, 0.2) is 6.54 Å². The molecular weight excluding hydrogens is 352 g/mol. The summed E-state index contributed by atoms with van der Waals surface area (Å²) < 4.78 is 3.44. The number of aryl methyl sites for hydroxylation is 1. The Morgan fingerprint density at radius 3 is 2.89 bits per heavy atom. The van der Waals surface area contributed by atoms with Crippen LogP contribution >= 0.6 is 11.3 Å². The predicted molar refractivity (Wildman–Crippen MR) is 115 cm³/mol. The summed E-state index contributed by atoms with van der Waals surface area (Å²) in [4.78, 5) is 2.14. The number of aliphatic hydroxyl groups excluding tert-OH is 1. The zero-order valence-corrected chi connectivity index (χ0v) is 16.4. The Labute approximate surface area is 163 Å². The normalized spacial score (nSPS) is 15.2. The molecule has 4 rings (SSSR count). The number of allylic oxidation sites excluding steroid dienone is 4. The minimum Gasteiger partial charge on any atom is -0.390 e. The molecule has 0 saturated heterocycles. The van der Waals surface area contributed by atoms with Gasteiger partial charge in [-0.05, 0) is 36.3 Å². The Balaban J connectivity index is 1.70. The summed E-state index contributed by atoms with van der Waals surface area (Å²) in [5, 5.41) is 10.6. The fourth-order valence-corrected chi connectivity index (χ4v) is 4.63. The molecule has 3 aromatic rings. The largest absolute Gasteiger partial charge is 0.390 e. The van der Waals surface area contributed by atoms with Crippen LogP contribution in [0.3, 0.4) is 0 Å². The van der Waals surface area contributed by atoms with Crippen LogP contribution in [-0.2, 0) is 6.54 Å². The molecule has 0 amide bonds. The van der Waals surface area contributed by atoms with E-state index < -0.39 is 0 Å². The molecule has 1 aliphatic rings. The van der Waals surface area contributed by atoms with E-state index in [0.717, 1.165) is 5.01 Å². The SMILES string of the molecule is Cc1ccc2c(c1)sc(/C=C/C=C1\C=CN(C)c3ccccc31)[n+]2CCO. The van der Waals surface area contributed by atoms with E-state index >= 15 is 0 Å². The Morgan fingerprint density at radius 1 is 1.19 bits per heavy atom. The van der Waals surface area contributed by atoms with Crippen molar-refractivity contribution in [3.63, 3.8) is 0 Å². The van der Waals surface area contributed by atoms with Gasteiger partial charge in [-0.3, -0.25) is 0 Å². The Morgan fingerprint density at radius 2 is 2.04 bits per heavy atom. The van der Waals surface area contributed by atoms with Gasteiger partial charge in [0.1, 0.15) is 11.3 Å². The number of thiazole rings is 1. The average molecular weight is 376 g/mol. The first-order chi connectivity index (χ1) is 13.2. The number of hydrogen-bond donors (Lipinski definition) is 1. The third-order valence-corrected chi connectivity index (χ3v) is 5.91. The number of anilines is 1. The van der Waals surface area contributed by atoms with Crippen LogP contribution in [0.1, 0.15) is 16.1 Å². The van der Waals surface area contributed by atoms with Gasteiger partial charge in [-0.2, -0.15) is 4.57 Å². The number of aromatic nitrogens is 1. The van der Waals surface area contributed by atoms with Gasteiger partial charge >= 0.3 is 0 Å². The van der Waals surface area contributed by atoms with Gasteiger partial charge in [-0.1, -0.05) is 47.8 Å². The molecule has 0 saturated carbocycles. The Bertz CT molecular complexity index is 1080. The van der Waals surface area contributed by atoms with E-state index in [9.17, 15) is 5.11 Å². The highest BCUT2D eigenvalue weighted by Crippen LogP contribution is 2.31. The molecule has 0 atom stereocenters. The lowest BCUT2D eigenvalue weighted by atomic mass is 10.00. The van der Waals surface area contributed by atoms with Crippen LogP contribution in [0.5, 0.6) is 0 Å². The van der Waals surface area contributed by atoms with Crippen LogP contribution in [-0.4, -0.2) is 18.8 Å². The molecule has 27 heavy (non-hydrogen) atoms. The minimum absolute atomic E-state index is 0.134. The van der Waals surface area contributed by atoms with E-state index in [4.69, 9.17) is 0 Å². The van der Waals surface area contributed by atoms with Crippen LogP contribution < -0.4 is 9.47 Å². The van der Waals surface area contributed by atoms with E-state index in [2.05, 4.69) is 96.4 Å². The van der Waals surface area contributed by atoms with Crippen molar-refractivity contribution in [3.05, 3.63) is 83.0 Å². The summed E-state index contributed by atoms with van der Waals surface area (Å²) in [5.74, 6) is 0. The highest BCUT2D eigenvalue weighted by atomic mass is 32.1. The zero-order valence-electron chi connectivity index (χ0n) is 15.6. The summed E-state index contributed by atoms with van der Waals surface area (Å²) in [5.41, 5.74) is 6.09. The van der Waals surface area contributed by atoms with Crippen LogP contribution in [0, 0.1) is 6.92 Å². The molecule has 4 heteroatoms. The van der Waals surface area contributed by atoms with Crippen LogP contribution in [0.2, 0.25) is 0 Å². The number of para-hydroxylation sites is 1. The second-order valence-electron chi connectivity index (χ2n) is 6.71. The summed E-state index contributed by atoms with van der Waals surface area (Å²) in [6.07, 6.45) is 10.6. The summed E-state index contributed by atoms with van der Waals surface area (Å²) in [6, 6.07) is 14.9. The van der Waals surface area contributed by atoms with Crippen molar-refractivity contribution in [3.8, 4) is 0 Å². The molecule has 0 radical (unpaired) electrons. The van der Waals surface area contributed by atoms with Gasteiger partial charge in [-0.15, -0.1) is 0 Å². The molecule has 0 unspecified atom stereocenters. The van der Waals surface area contributed by atoms with E-state index in [-0.39, 0.29) is 6.61 Å². The molecule has 0 fully saturated rings. The molecule has 1 N–H and O–H groups in total. The van der Waals surface area contributed by atoms with Gasteiger partial charge in [0, 0.05) is 36.6 Å². The maximum Gasteiger partial charge on any atom is 0.262 e. The average Bonchev–Trinajstić information content (AvgIpc) is 3.01. The van der Waals surface area contributed by atoms with E-state index in [1.165, 1.54) is 32.6 Å². The highest BCUT2D eigenvalue weighted by Gasteiger charge is 2.18. The molecule has 0 bridgehead atoms. The molecule has 1 aliphatic heterocycles. The van der Waals surface area contributed by atoms with Gasteiger partial charge in [0.2, 0.25) is 5.52 Å². The summed E-state index contributed by atoms with van der Waals surface area (Å²) in [7, 11) is 2.07. The highest BCUT2D eigenvalue weighted by molar-refractivity contribution is 7.18. The lowest BCUT2D eigenvalue weighted by Gasteiger charge is -2.23. The topological polar surface area (TPSA) is 27.4 Å². The third-order valence-electron chi connectivity index (χ3n) is 4.80. The molecule has 3 nitrogen and oxygen atoms in total. The lowest BCUT2D eigenvalue weighted by Crippen LogP contribution is -2.36. The zero-order chi connectivity index (χ0) is 18.8.